The van der Waals surface area contributed by atoms with E-state index in [9.17, 15) is 18.0 Å². The van der Waals surface area contributed by atoms with Crippen LogP contribution in [-0.2, 0) is 4.79 Å². The predicted octanol–water partition coefficient (Wildman–Crippen LogP) is 1.95. The Kier molecular flexibility index (Phi) is 3.35. The van der Waals surface area contributed by atoms with Crippen LogP contribution in [0.25, 0.3) is 0 Å². The van der Waals surface area contributed by atoms with Gasteiger partial charge >= 0.3 is 5.97 Å². The van der Waals surface area contributed by atoms with E-state index in [4.69, 9.17) is 10.8 Å². The fourth-order valence-corrected chi connectivity index (χ4v) is 1.37. The van der Waals surface area contributed by atoms with Gasteiger partial charge in [0.05, 0.1) is 4.47 Å². The molecule has 82 valence electrons. The lowest BCUT2D eigenvalue weighted by Crippen LogP contribution is -2.22. The van der Waals surface area contributed by atoms with E-state index in [2.05, 4.69) is 15.9 Å². The summed E-state index contributed by atoms with van der Waals surface area (Å²) in [5, 5.41) is 8.49. The third kappa shape index (κ3) is 2.13. The highest BCUT2D eigenvalue weighted by atomic mass is 79.9. The van der Waals surface area contributed by atoms with E-state index in [1.54, 1.807) is 0 Å². The lowest BCUT2D eigenvalue weighted by molar-refractivity contribution is -0.138. The van der Waals surface area contributed by atoms with Crippen molar-refractivity contribution in [2.75, 3.05) is 0 Å². The maximum atomic E-state index is 13.1. The molecule has 0 saturated carbocycles. The topological polar surface area (TPSA) is 63.3 Å². The molecule has 0 bridgehead atoms. The summed E-state index contributed by atoms with van der Waals surface area (Å²) in [5.41, 5.74) is 4.46. The SMILES string of the molecule is NC(C(=O)O)c1cc(Br)c(F)c(F)c1F. The summed E-state index contributed by atoms with van der Waals surface area (Å²) in [7, 11) is 0. The summed E-state index contributed by atoms with van der Waals surface area (Å²) in [5.74, 6) is -6.30. The summed E-state index contributed by atoms with van der Waals surface area (Å²) in [6.45, 7) is 0. The average molecular weight is 284 g/mol. The van der Waals surface area contributed by atoms with Gasteiger partial charge in [0.25, 0.3) is 0 Å². The second kappa shape index (κ2) is 4.19. The van der Waals surface area contributed by atoms with Crippen LogP contribution < -0.4 is 5.73 Å². The van der Waals surface area contributed by atoms with Gasteiger partial charge < -0.3 is 10.8 Å². The summed E-state index contributed by atoms with van der Waals surface area (Å²) < 4.78 is 38.3. The average Bonchev–Trinajstić information content (AvgIpc) is 2.19. The van der Waals surface area contributed by atoms with Crippen LogP contribution in [0, 0.1) is 17.5 Å². The third-order valence-electron chi connectivity index (χ3n) is 1.73. The van der Waals surface area contributed by atoms with Gasteiger partial charge in [0.1, 0.15) is 6.04 Å². The Morgan fingerprint density at radius 1 is 1.33 bits per heavy atom. The molecule has 0 aliphatic heterocycles. The molecule has 0 fully saturated rings. The van der Waals surface area contributed by atoms with Gasteiger partial charge in [-0.2, -0.15) is 0 Å². The van der Waals surface area contributed by atoms with Gasteiger partial charge in [0, 0.05) is 5.56 Å². The molecule has 3 nitrogen and oxygen atoms in total. The number of aliphatic carboxylic acids is 1. The standard InChI is InChI=1S/C8H5BrF3NO2/c9-3-1-2(7(13)8(14)15)4(10)6(12)5(3)11/h1,7H,13H2,(H,14,15). The van der Waals surface area contributed by atoms with Crippen molar-refractivity contribution in [3.05, 3.63) is 33.6 Å². The molecule has 0 aliphatic rings. The molecular formula is C8H5BrF3NO2. The van der Waals surface area contributed by atoms with Gasteiger partial charge in [-0.15, -0.1) is 0 Å². The minimum absolute atomic E-state index is 0.381. The molecule has 0 spiro atoms. The van der Waals surface area contributed by atoms with E-state index >= 15 is 0 Å². The van der Waals surface area contributed by atoms with E-state index < -0.39 is 35.0 Å². The van der Waals surface area contributed by atoms with Crippen LogP contribution in [0.3, 0.4) is 0 Å². The van der Waals surface area contributed by atoms with Crippen molar-refractivity contribution in [3.8, 4) is 0 Å². The number of rotatable bonds is 2. The van der Waals surface area contributed by atoms with Gasteiger partial charge in [-0.3, -0.25) is 4.79 Å². The van der Waals surface area contributed by atoms with Gasteiger partial charge in [-0.1, -0.05) is 0 Å². The Morgan fingerprint density at radius 3 is 2.33 bits per heavy atom. The largest absolute Gasteiger partial charge is 0.480 e. The second-order valence-corrected chi connectivity index (χ2v) is 3.56. The summed E-state index contributed by atoms with van der Waals surface area (Å²) in [6, 6.07) is -0.941. The Morgan fingerprint density at radius 2 is 1.87 bits per heavy atom. The zero-order valence-corrected chi connectivity index (χ0v) is 8.69. The van der Waals surface area contributed by atoms with E-state index in [-0.39, 0.29) is 4.47 Å². The molecule has 1 unspecified atom stereocenters. The molecule has 1 aromatic carbocycles. The maximum absolute atomic E-state index is 13.1. The number of carbonyl (C=O) groups is 1. The van der Waals surface area contributed by atoms with E-state index in [0.717, 1.165) is 6.07 Å². The fraction of sp³-hybridized carbons (Fsp3) is 0.125. The zero-order valence-electron chi connectivity index (χ0n) is 7.10. The van der Waals surface area contributed by atoms with Crippen LogP contribution in [0.1, 0.15) is 11.6 Å². The summed E-state index contributed by atoms with van der Waals surface area (Å²) in [4.78, 5) is 10.4. The number of benzene rings is 1. The van der Waals surface area contributed by atoms with Crippen LogP contribution in [-0.4, -0.2) is 11.1 Å². The molecule has 1 rings (SSSR count). The lowest BCUT2D eigenvalue weighted by atomic mass is 10.1. The Labute approximate surface area is 90.8 Å². The third-order valence-corrected chi connectivity index (χ3v) is 2.31. The van der Waals surface area contributed by atoms with E-state index in [1.807, 2.05) is 0 Å². The van der Waals surface area contributed by atoms with Crippen LogP contribution in [0.15, 0.2) is 10.5 Å². The van der Waals surface area contributed by atoms with E-state index in [0.29, 0.717) is 0 Å². The first-order valence-electron chi connectivity index (χ1n) is 3.67. The minimum Gasteiger partial charge on any atom is -0.480 e. The molecule has 1 aromatic rings. The van der Waals surface area contributed by atoms with Crippen molar-refractivity contribution in [2.24, 2.45) is 5.73 Å². The van der Waals surface area contributed by atoms with E-state index in [1.165, 1.54) is 0 Å². The number of carboxylic acid groups (broad SMARTS) is 1. The minimum atomic E-state index is -1.75. The normalized spacial score (nSPS) is 12.6. The highest BCUT2D eigenvalue weighted by Gasteiger charge is 2.24. The highest BCUT2D eigenvalue weighted by Crippen LogP contribution is 2.26. The monoisotopic (exact) mass is 283 g/mol. The first kappa shape index (κ1) is 12.0. The van der Waals surface area contributed by atoms with Crippen LogP contribution >= 0.6 is 15.9 Å². The number of hydrogen-bond donors (Lipinski definition) is 2. The van der Waals surface area contributed by atoms with Gasteiger partial charge in [-0.25, -0.2) is 13.2 Å². The molecule has 0 heterocycles. The number of halogens is 4. The summed E-state index contributed by atoms with van der Waals surface area (Å²) >= 11 is 2.62. The molecule has 0 amide bonds. The molecule has 3 N–H and O–H groups in total. The Balaban J connectivity index is 3.38. The predicted molar refractivity (Wildman–Crippen MR) is 48.6 cm³/mol. The van der Waals surface area contributed by atoms with Gasteiger partial charge in [0.2, 0.25) is 0 Å². The van der Waals surface area contributed by atoms with Crippen molar-refractivity contribution >= 4 is 21.9 Å². The second-order valence-electron chi connectivity index (χ2n) is 2.71. The van der Waals surface area contributed by atoms with Crippen molar-refractivity contribution < 1.29 is 23.1 Å². The maximum Gasteiger partial charge on any atom is 0.325 e. The molecule has 7 heteroatoms. The number of hydrogen-bond acceptors (Lipinski definition) is 2. The lowest BCUT2D eigenvalue weighted by Gasteiger charge is -2.09. The molecule has 15 heavy (non-hydrogen) atoms. The summed E-state index contributed by atoms with van der Waals surface area (Å²) in [6.07, 6.45) is 0. The van der Waals surface area contributed by atoms with Gasteiger partial charge in [0.15, 0.2) is 17.5 Å². The number of carboxylic acids is 1. The number of nitrogens with two attached hydrogens (primary N) is 1. The van der Waals surface area contributed by atoms with Crippen molar-refractivity contribution in [3.63, 3.8) is 0 Å². The van der Waals surface area contributed by atoms with Crippen molar-refractivity contribution in [1.29, 1.82) is 0 Å². The first-order chi connectivity index (χ1) is 6.86. The smallest absolute Gasteiger partial charge is 0.325 e. The molecule has 0 saturated heterocycles. The molecule has 1 atom stereocenters. The van der Waals surface area contributed by atoms with Crippen LogP contribution in [0.2, 0.25) is 0 Å². The molecule has 0 aromatic heterocycles. The molecule has 0 aliphatic carbocycles. The highest BCUT2D eigenvalue weighted by molar-refractivity contribution is 9.10. The molecule has 0 radical (unpaired) electrons. The van der Waals surface area contributed by atoms with Gasteiger partial charge in [-0.05, 0) is 22.0 Å². The first-order valence-corrected chi connectivity index (χ1v) is 4.46. The Bertz CT molecular complexity index is 425. The fourth-order valence-electron chi connectivity index (χ4n) is 0.950. The Hall–Kier alpha value is -1.08. The van der Waals surface area contributed by atoms with Crippen molar-refractivity contribution in [1.82, 2.24) is 0 Å². The zero-order chi connectivity index (χ0) is 11.7. The van der Waals surface area contributed by atoms with Crippen LogP contribution in [0.4, 0.5) is 13.2 Å². The molecular weight excluding hydrogens is 279 g/mol. The van der Waals surface area contributed by atoms with Crippen LogP contribution in [0.5, 0.6) is 0 Å². The van der Waals surface area contributed by atoms with Crippen molar-refractivity contribution in [2.45, 2.75) is 6.04 Å². The quantitative estimate of drug-likeness (QED) is 0.644.